The van der Waals surface area contributed by atoms with Gasteiger partial charge in [0.2, 0.25) is 11.9 Å². The molecule has 5 heteroatoms. The Bertz CT molecular complexity index is 515. The molecule has 1 N–H and O–H groups in total. The van der Waals surface area contributed by atoms with E-state index in [2.05, 4.69) is 33.2 Å². The smallest absolute Gasteiger partial charge is 0.229 e. The van der Waals surface area contributed by atoms with Gasteiger partial charge in [-0.05, 0) is 24.6 Å². The molecule has 1 amide bonds. The van der Waals surface area contributed by atoms with Crippen LogP contribution >= 0.6 is 15.9 Å². The predicted molar refractivity (Wildman–Crippen MR) is 75.4 cm³/mol. The second-order valence-corrected chi connectivity index (χ2v) is 5.53. The number of nitrogens with one attached hydrogen (secondary N) is 1. The monoisotopic (exact) mass is 309 g/mol. The van der Waals surface area contributed by atoms with Crippen LogP contribution in [0, 0.1) is 0 Å². The molecule has 1 aromatic rings. The van der Waals surface area contributed by atoms with Crippen LogP contribution in [-0.4, -0.2) is 30.9 Å². The van der Waals surface area contributed by atoms with E-state index >= 15 is 0 Å². The van der Waals surface area contributed by atoms with Crippen molar-refractivity contribution in [1.29, 1.82) is 0 Å². The van der Waals surface area contributed by atoms with Crippen LogP contribution in [0.25, 0.3) is 0 Å². The van der Waals surface area contributed by atoms with E-state index in [1.54, 1.807) is 7.05 Å². The molecule has 2 rings (SSSR count). The summed E-state index contributed by atoms with van der Waals surface area (Å²) in [6.45, 7) is 2.05. The van der Waals surface area contributed by atoms with Gasteiger partial charge in [-0.15, -0.1) is 0 Å². The third-order valence-electron chi connectivity index (χ3n) is 3.47. The van der Waals surface area contributed by atoms with Crippen molar-refractivity contribution < 1.29 is 4.79 Å². The van der Waals surface area contributed by atoms with Crippen molar-refractivity contribution in [2.75, 3.05) is 14.1 Å². The Morgan fingerprint density at radius 2 is 2.22 bits per heavy atom. The Kier molecular flexibility index (Phi) is 3.43. The average Bonchev–Trinajstić information content (AvgIpc) is 2.33. The molecule has 1 heterocycles. The van der Waals surface area contributed by atoms with Crippen LogP contribution < -0.4 is 5.32 Å². The molecule has 1 atom stereocenters. The third kappa shape index (κ3) is 2.14. The highest BCUT2D eigenvalue weighted by Crippen LogP contribution is 2.34. The van der Waals surface area contributed by atoms with Crippen molar-refractivity contribution in [3.8, 4) is 0 Å². The lowest BCUT2D eigenvalue weighted by molar-refractivity contribution is -0.123. The Balaban J connectivity index is 2.48. The quantitative estimate of drug-likeness (QED) is 0.863. The van der Waals surface area contributed by atoms with Gasteiger partial charge in [-0.3, -0.25) is 15.1 Å². The van der Waals surface area contributed by atoms with E-state index in [1.807, 2.05) is 36.2 Å². The van der Waals surface area contributed by atoms with Gasteiger partial charge in [0.05, 0.1) is 12.0 Å². The zero-order chi connectivity index (χ0) is 13.3. The van der Waals surface area contributed by atoms with Crippen molar-refractivity contribution >= 4 is 27.8 Å². The highest BCUT2D eigenvalue weighted by atomic mass is 79.9. The average molecular weight is 310 g/mol. The number of hydrogen-bond acceptors (Lipinski definition) is 2. The fraction of sp³-hybridized carbons (Fsp3) is 0.385. The van der Waals surface area contributed by atoms with Gasteiger partial charge in [0.25, 0.3) is 0 Å². The Labute approximate surface area is 115 Å². The molecule has 1 saturated heterocycles. The molecular formula is C13H16BrN3O. The molecule has 1 aromatic carbocycles. The summed E-state index contributed by atoms with van der Waals surface area (Å²) in [4.78, 5) is 18.0. The fourth-order valence-corrected chi connectivity index (χ4v) is 2.64. The van der Waals surface area contributed by atoms with E-state index in [-0.39, 0.29) is 11.4 Å². The van der Waals surface area contributed by atoms with Crippen molar-refractivity contribution in [2.45, 2.75) is 18.9 Å². The van der Waals surface area contributed by atoms with Crippen LogP contribution in [0.15, 0.2) is 33.7 Å². The van der Waals surface area contributed by atoms with E-state index in [0.717, 1.165) is 10.0 Å². The van der Waals surface area contributed by atoms with Crippen molar-refractivity contribution in [2.24, 2.45) is 4.99 Å². The Hall–Kier alpha value is -1.36. The number of nitrogens with zero attached hydrogens (tertiary/aromatic N) is 2. The first-order chi connectivity index (χ1) is 8.47. The van der Waals surface area contributed by atoms with Gasteiger partial charge in [0.1, 0.15) is 0 Å². The first-order valence-corrected chi connectivity index (χ1v) is 6.53. The van der Waals surface area contributed by atoms with Crippen LogP contribution in [0.5, 0.6) is 0 Å². The summed E-state index contributed by atoms with van der Waals surface area (Å²) in [5, 5.41) is 2.78. The number of benzene rings is 1. The van der Waals surface area contributed by atoms with E-state index in [0.29, 0.717) is 12.4 Å². The SMILES string of the molecule is C/N=C1\NC(=O)C[C@@](C)(c2cccc(Br)c2)N1C. The highest BCUT2D eigenvalue weighted by molar-refractivity contribution is 9.10. The zero-order valence-corrected chi connectivity index (χ0v) is 12.3. The zero-order valence-electron chi connectivity index (χ0n) is 10.7. The minimum Gasteiger partial charge on any atom is -0.336 e. The normalized spacial score (nSPS) is 26.3. The molecular weight excluding hydrogens is 294 g/mol. The van der Waals surface area contributed by atoms with Gasteiger partial charge in [-0.2, -0.15) is 0 Å². The summed E-state index contributed by atoms with van der Waals surface area (Å²) in [5.41, 5.74) is 0.719. The Morgan fingerprint density at radius 3 is 2.83 bits per heavy atom. The molecule has 0 radical (unpaired) electrons. The summed E-state index contributed by atoms with van der Waals surface area (Å²) in [6.07, 6.45) is 0.416. The number of hydrogen-bond donors (Lipinski definition) is 1. The lowest BCUT2D eigenvalue weighted by Gasteiger charge is -2.44. The first-order valence-electron chi connectivity index (χ1n) is 5.74. The topological polar surface area (TPSA) is 44.7 Å². The van der Waals surface area contributed by atoms with Gasteiger partial charge in [0, 0.05) is 18.6 Å². The van der Waals surface area contributed by atoms with E-state index in [1.165, 1.54) is 0 Å². The largest absolute Gasteiger partial charge is 0.336 e. The van der Waals surface area contributed by atoms with Gasteiger partial charge in [-0.25, -0.2) is 0 Å². The van der Waals surface area contributed by atoms with Gasteiger partial charge in [0.15, 0.2) is 0 Å². The summed E-state index contributed by atoms with van der Waals surface area (Å²) in [5.74, 6) is 0.602. The number of carbonyl (C=O) groups excluding carboxylic acids is 1. The van der Waals surface area contributed by atoms with Crippen LogP contribution in [0.1, 0.15) is 18.9 Å². The molecule has 1 aliphatic heterocycles. The molecule has 1 aliphatic rings. The van der Waals surface area contributed by atoms with Crippen molar-refractivity contribution in [3.63, 3.8) is 0 Å². The summed E-state index contributed by atoms with van der Waals surface area (Å²) < 4.78 is 1.01. The van der Waals surface area contributed by atoms with Gasteiger partial charge >= 0.3 is 0 Å². The molecule has 0 unspecified atom stereocenters. The lowest BCUT2D eigenvalue weighted by Crippen LogP contribution is -2.58. The van der Waals surface area contributed by atoms with Gasteiger partial charge in [-0.1, -0.05) is 28.1 Å². The van der Waals surface area contributed by atoms with Gasteiger partial charge < -0.3 is 4.90 Å². The summed E-state index contributed by atoms with van der Waals surface area (Å²) >= 11 is 3.47. The van der Waals surface area contributed by atoms with Crippen molar-refractivity contribution in [1.82, 2.24) is 10.2 Å². The van der Waals surface area contributed by atoms with Crippen LogP contribution in [0.2, 0.25) is 0 Å². The molecule has 18 heavy (non-hydrogen) atoms. The summed E-state index contributed by atoms with van der Waals surface area (Å²) in [6, 6.07) is 8.04. The minimum absolute atomic E-state index is 0.00354. The Morgan fingerprint density at radius 1 is 1.50 bits per heavy atom. The van der Waals surface area contributed by atoms with E-state index < -0.39 is 0 Å². The molecule has 4 nitrogen and oxygen atoms in total. The number of carbonyl (C=O) groups is 1. The molecule has 96 valence electrons. The number of aliphatic imine (C=N–C) groups is 1. The molecule has 0 aliphatic carbocycles. The maximum Gasteiger partial charge on any atom is 0.229 e. The lowest BCUT2D eigenvalue weighted by atomic mass is 9.85. The maximum absolute atomic E-state index is 11.8. The third-order valence-corrected chi connectivity index (χ3v) is 3.97. The molecule has 1 fully saturated rings. The van der Waals surface area contributed by atoms with Crippen LogP contribution in [0.3, 0.4) is 0 Å². The number of guanidine groups is 1. The fourth-order valence-electron chi connectivity index (χ4n) is 2.24. The van der Waals surface area contributed by atoms with Crippen molar-refractivity contribution in [3.05, 3.63) is 34.3 Å². The van der Waals surface area contributed by atoms with Crippen LogP contribution in [0.4, 0.5) is 0 Å². The second kappa shape index (κ2) is 4.72. The minimum atomic E-state index is -0.374. The first kappa shape index (κ1) is 13.1. The molecule has 0 spiro atoms. The number of amides is 1. The van der Waals surface area contributed by atoms with E-state index in [9.17, 15) is 4.79 Å². The number of halogens is 1. The number of rotatable bonds is 1. The predicted octanol–water partition coefficient (Wildman–Crippen LogP) is 2.10. The van der Waals surface area contributed by atoms with Crippen LogP contribution in [-0.2, 0) is 10.3 Å². The standard InChI is InChI=1S/C13H16BrN3O/c1-13(9-5-4-6-10(14)7-9)8-11(18)16-12(15-2)17(13)3/h4-7H,8H2,1-3H3,(H,15,16,18)/t13-/m0/s1. The molecule has 0 saturated carbocycles. The molecule has 0 bridgehead atoms. The highest BCUT2D eigenvalue weighted by Gasteiger charge is 2.40. The molecule has 0 aromatic heterocycles. The second-order valence-electron chi connectivity index (χ2n) is 4.62. The van der Waals surface area contributed by atoms with E-state index in [4.69, 9.17) is 0 Å². The summed E-state index contributed by atoms with van der Waals surface area (Å²) in [7, 11) is 3.63. The maximum atomic E-state index is 11.8.